The molecule has 2 amide bonds. The molecule has 1 aromatic heterocycles. The minimum absolute atomic E-state index is 0.140. The molecule has 0 saturated carbocycles. The average Bonchev–Trinajstić information content (AvgIpc) is 3.06. The molecule has 0 bridgehead atoms. The third-order valence-electron chi connectivity index (χ3n) is 4.48. The highest BCUT2D eigenvalue weighted by atomic mass is 16.5. The van der Waals surface area contributed by atoms with Gasteiger partial charge in [0.1, 0.15) is 5.75 Å². The van der Waals surface area contributed by atoms with Crippen LogP contribution in [0.5, 0.6) is 5.75 Å². The number of H-pyrrole nitrogens is 1. The number of urea groups is 1. The highest BCUT2D eigenvalue weighted by Crippen LogP contribution is 2.21. The van der Waals surface area contributed by atoms with Gasteiger partial charge in [-0.2, -0.15) is 5.10 Å². The van der Waals surface area contributed by atoms with Gasteiger partial charge in [-0.1, -0.05) is 19.1 Å². The third kappa shape index (κ3) is 4.53. The molecule has 1 aliphatic rings. The topological polar surface area (TPSA) is 79.0 Å². The van der Waals surface area contributed by atoms with Crippen molar-refractivity contribution in [2.24, 2.45) is 0 Å². The van der Waals surface area contributed by atoms with Crippen LogP contribution >= 0.6 is 0 Å². The number of aromatic nitrogens is 2. The van der Waals surface area contributed by atoms with Crippen LogP contribution in [0, 0.1) is 6.92 Å². The Labute approximate surface area is 148 Å². The van der Waals surface area contributed by atoms with E-state index in [1.165, 1.54) is 11.3 Å². The number of nitrogens with zero attached hydrogens (tertiary/aromatic N) is 1. The van der Waals surface area contributed by atoms with Crippen molar-refractivity contribution in [3.63, 3.8) is 0 Å². The molecule has 0 fully saturated rings. The van der Waals surface area contributed by atoms with Crippen molar-refractivity contribution in [2.45, 2.75) is 52.1 Å². The summed E-state index contributed by atoms with van der Waals surface area (Å²) >= 11 is 0. The van der Waals surface area contributed by atoms with E-state index in [1.807, 2.05) is 31.3 Å². The summed E-state index contributed by atoms with van der Waals surface area (Å²) < 4.78 is 5.80. The van der Waals surface area contributed by atoms with Crippen LogP contribution in [-0.4, -0.2) is 28.9 Å². The van der Waals surface area contributed by atoms with E-state index in [2.05, 4.69) is 27.8 Å². The maximum atomic E-state index is 12.2. The molecule has 0 spiro atoms. The van der Waals surface area contributed by atoms with Crippen LogP contribution in [0.4, 0.5) is 4.79 Å². The van der Waals surface area contributed by atoms with Gasteiger partial charge >= 0.3 is 6.03 Å². The largest absolute Gasteiger partial charge is 0.493 e. The number of benzene rings is 1. The zero-order valence-electron chi connectivity index (χ0n) is 14.9. The molecule has 1 aliphatic carbocycles. The summed E-state index contributed by atoms with van der Waals surface area (Å²) in [5, 5.41) is 13.1. The Morgan fingerprint density at radius 3 is 3.16 bits per heavy atom. The van der Waals surface area contributed by atoms with Gasteiger partial charge in [-0.05, 0) is 49.8 Å². The maximum Gasteiger partial charge on any atom is 0.315 e. The molecule has 1 aromatic carbocycles. The number of nitrogens with one attached hydrogen (secondary N) is 3. The van der Waals surface area contributed by atoms with Crippen LogP contribution in [-0.2, 0) is 19.4 Å². The van der Waals surface area contributed by atoms with Crippen LogP contribution in [0.3, 0.4) is 0 Å². The molecule has 2 aromatic rings. The zero-order chi connectivity index (χ0) is 17.6. The lowest BCUT2D eigenvalue weighted by Gasteiger charge is -2.23. The Hall–Kier alpha value is -2.50. The maximum absolute atomic E-state index is 12.2. The lowest BCUT2D eigenvalue weighted by atomic mass is 9.94. The minimum Gasteiger partial charge on any atom is -0.493 e. The summed E-state index contributed by atoms with van der Waals surface area (Å²) in [7, 11) is 0. The predicted molar refractivity (Wildman–Crippen MR) is 96.7 cm³/mol. The highest BCUT2D eigenvalue weighted by molar-refractivity contribution is 5.74. The SMILES string of the molecule is CCCOc1cc(C)ccc1CNC(=O)NC1CCc2[nH]ncc2C1. The Morgan fingerprint density at radius 2 is 2.32 bits per heavy atom. The van der Waals surface area contributed by atoms with E-state index < -0.39 is 0 Å². The van der Waals surface area contributed by atoms with Gasteiger partial charge in [0, 0.05) is 23.8 Å². The van der Waals surface area contributed by atoms with Crippen LogP contribution in [0.2, 0.25) is 0 Å². The van der Waals surface area contributed by atoms with Gasteiger partial charge in [-0.25, -0.2) is 4.79 Å². The Balaban J connectivity index is 1.52. The van der Waals surface area contributed by atoms with Crippen LogP contribution in [0.1, 0.15) is 42.1 Å². The van der Waals surface area contributed by atoms with Crippen LogP contribution in [0.25, 0.3) is 0 Å². The smallest absolute Gasteiger partial charge is 0.315 e. The van der Waals surface area contributed by atoms with Gasteiger partial charge in [0.05, 0.1) is 12.8 Å². The molecule has 1 atom stereocenters. The van der Waals surface area contributed by atoms with Gasteiger partial charge in [0.25, 0.3) is 0 Å². The van der Waals surface area contributed by atoms with Gasteiger partial charge in [-0.3, -0.25) is 5.10 Å². The number of carbonyl (C=O) groups excluding carboxylic acids is 1. The van der Waals surface area contributed by atoms with Crippen molar-refractivity contribution in [1.82, 2.24) is 20.8 Å². The van der Waals surface area contributed by atoms with Crippen molar-refractivity contribution in [2.75, 3.05) is 6.61 Å². The molecule has 6 nitrogen and oxygen atoms in total. The number of amides is 2. The number of aromatic amines is 1. The number of hydrogen-bond donors (Lipinski definition) is 3. The van der Waals surface area contributed by atoms with Crippen LogP contribution in [0.15, 0.2) is 24.4 Å². The summed E-state index contributed by atoms with van der Waals surface area (Å²) in [6.45, 7) is 5.25. The van der Waals surface area contributed by atoms with Crippen molar-refractivity contribution in [3.8, 4) is 5.75 Å². The summed E-state index contributed by atoms with van der Waals surface area (Å²) in [6.07, 6.45) is 5.49. The normalized spacial score (nSPS) is 16.2. The molecule has 134 valence electrons. The quantitative estimate of drug-likeness (QED) is 0.755. The second-order valence-corrected chi connectivity index (χ2v) is 6.60. The van der Waals surface area contributed by atoms with E-state index in [4.69, 9.17) is 4.74 Å². The van der Waals surface area contributed by atoms with Crippen LogP contribution < -0.4 is 15.4 Å². The van der Waals surface area contributed by atoms with Crippen molar-refractivity contribution < 1.29 is 9.53 Å². The first-order valence-corrected chi connectivity index (χ1v) is 8.93. The van der Waals surface area contributed by atoms with E-state index in [0.717, 1.165) is 42.6 Å². The fourth-order valence-corrected chi connectivity index (χ4v) is 3.11. The molecule has 1 unspecified atom stereocenters. The molecule has 3 N–H and O–H groups in total. The molecule has 0 radical (unpaired) electrons. The van der Waals surface area contributed by atoms with E-state index in [1.54, 1.807) is 0 Å². The molecule has 3 rings (SSSR count). The number of ether oxygens (including phenoxy) is 1. The second kappa shape index (κ2) is 8.05. The minimum atomic E-state index is -0.140. The number of aryl methyl sites for hydroxylation is 2. The van der Waals surface area contributed by atoms with Gasteiger partial charge in [0.2, 0.25) is 0 Å². The third-order valence-corrected chi connectivity index (χ3v) is 4.48. The molecule has 0 saturated heterocycles. The molecule has 6 heteroatoms. The fourth-order valence-electron chi connectivity index (χ4n) is 3.11. The first-order valence-electron chi connectivity index (χ1n) is 8.93. The van der Waals surface area contributed by atoms with Gasteiger partial charge in [0.15, 0.2) is 0 Å². The molecule has 1 heterocycles. The molecular formula is C19H26N4O2. The Morgan fingerprint density at radius 1 is 1.44 bits per heavy atom. The Kier molecular flexibility index (Phi) is 5.58. The fraction of sp³-hybridized carbons (Fsp3) is 0.474. The molecule has 25 heavy (non-hydrogen) atoms. The number of fused-ring (bicyclic) bond motifs is 1. The number of rotatable bonds is 6. The number of hydrogen-bond acceptors (Lipinski definition) is 3. The summed E-state index contributed by atoms with van der Waals surface area (Å²) in [6, 6.07) is 6.08. The molecular weight excluding hydrogens is 316 g/mol. The van der Waals surface area contributed by atoms with Crippen molar-refractivity contribution in [1.29, 1.82) is 0 Å². The first-order chi connectivity index (χ1) is 12.2. The lowest BCUT2D eigenvalue weighted by Crippen LogP contribution is -2.44. The summed E-state index contributed by atoms with van der Waals surface area (Å²) in [4.78, 5) is 12.2. The predicted octanol–water partition coefficient (Wildman–Crippen LogP) is 2.86. The van der Waals surface area contributed by atoms with Gasteiger partial charge < -0.3 is 15.4 Å². The van der Waals surface area contributed by atoms with E-state index >= 15 is 0 Å². The van der Waals surface area contributed by atoms with Crippen molar-refractivity contribution >= 4 is 6.03 Å². The average molecular weight is 342 g/mol. The van der Waals surface area contributed by atoms with Gasteiger partial charge in [-0.15, -0.1) is 0 Å². The monoisotopic (exact) mass is 342 g/mol. The summed E-state index contributed by atoms with van der Waals surface area (Å²) in [5.74, 6) is 0.850. The highest BCUT2D eigenvalue weighted by Gasteiger charge is 2.21. The van der Waals surface area contributed by atoms with E-state index in [0.29, 0.717) is 13.2 Å². The first kappa shape index (κ1) is 17.3. The second-order valence-electron chi connectivity index (χ2n) is 6.60. The lowest BCUT2D eigenvalue weighted by molar-refractivity contribution is 0.235. The zero-order valence-corrected chi connectivity index (χ0v) is 14.9. The summed E-state index contributed by atoms with van der Waals surface area (Å²) in [5.41, 5.74) is 4.54. The standard InChI is InChI=1S/C19H26N4O2/c1-3-8-25-18-9-13(2)4-5-14(18)11-20-19(24)22-16-6-7-17-15(10-16)12-21-23-17/h4-5,9,12,16H,3,6-8,10-11H2,1-2H3,(H,21,23)(H2,20,22,24). The van der Waals surface area contributed by atoms with E-state index in [9.17, 15) is 4.79 Å². The Bertz CT molecular complexity index is 726. The molecule has 0 aliphatic heterocycles. The van der Waals surface area contributed by atoms with E-state index in [-0.39, 0.29) is 12.1 Å². The van der Waals surface area contributed by atoms with Crippen molar-refractivity contribution in [3.05, 3.63) is 46.8 Å². The number of carbonyl (C=O) groups is 1.